The molecule has 3 saturated heterocycles. The fourth-order valence-corrected chi connectivity index (χ4v) is 6.26. The van der Waals surface area contributed by atoms with Gasteiger partial charge >= 0.3 is 0 Å². The van der Waals surface area contributed by atoms with Crippen molar-refractivity contribution in [1.29, 1.82) is 0 Å². The van der Waals surface area contributed by atoms with Crippen LogP contribution in [0.3, 0.4) is 0 Å². The first-order valence-electron chi connectivity index (χ1n) is 13.7. The molecular formula is C29H37N7O. The van der Waals surface area contributed by atoms with Crippen molar-refractivity contribution in [3.05, 3.63) is 54.2 Å². The molecule has 3 aliphatic rings. The maximum atomic E-state index is 6.36. The summed E-state index contributed by atoms with van der Waals surface area (Å²) in [5.74, 6) is 1.22. The second-order valence-corrected chi connectivity index (χ2v) is 10.6. The molecule has 0 radical (unpaired) electrons. The Morgan fingerprint density at radius 1 is 0.973 bits per heavy atom. The van der Waals surface area contributed by atoms with Gasteiger partial charge < -0.3 is 20.3 Å². The average molecular weight is 500 g/mol. The number of piperazine rings is 1. The van der Waals surface area contributed by atoms with Crippen molar-refractivity contribution in [2.45, 2.75) is 51.1 Å². The number of nitrogens with two attached hydrogens (primary N) is 1. The van der Waals surface area contributed by atoms with Gasteiger partial charge in [0.05, 0.1) is 11.4 Å². The third-order valence-corrected chi connectivity index (χ3v) is 8.17. The predicted molar refractivity (Wildman–Crippen MR) is 148 cm³/mol. The summed E-state index contributed by atoms with van der Waals surface area (Å²) in [4.78, 5) is 12.0. The Labute approximate surface area is 219 Å². The van der Waals surface area contributed by atoms with E-state index in [0.29, 0.717) is 24.5 Å². The lowest BCUT2D eigenvalue weighted by Crippen LogP contribution is -2.54. The zero-order valence-electron chi connectivity index (χ0n) is 21.7. The third kappa shape index (κ3) is 5.07. The standard InChI is InChI=1S/C29H37N7O/c1-21-7-3-4-8-25(21)26-18-27(29(30)33-32-26)35-19-23-9-10-24(20-35)36(23)22-11-12-31-28(17-22)37-16-15-34-13-5-2-6-14-34/h3-4,7-8,11-12,17-18,23-24H,2,5-6,9-10,13-16,19-20H2,1H3,(H2,30,33). The van der Waals surface area contributed by atoms with Crippen LogP contribution >= 0.6 is 0 Å². The van der Waals surface area contributed by atoms with E-state index in [1.807, 2.05) is 18.3 Å². The van der Waals surface area contributed by atoms with Crippen LogP contribution in [-0.4, -0.2) is 71.5 Å². The number of hydrogen-bond donors (Lipinski definition) is 1. The molecule has 2 N–H and O–H groups in total. The number of piperidine rings is 1. The van der Waals surface area contributed by atoms with E-state index in [0.717, 1.165) is 55.3 Å². The quantitative estimate of drug-likeness (QED) is 0.519. The van der Waals surface area contributed by atoms with Crippen LogP contribution in [0.1, 0.15) is 37.7 Å². The number of likely N-dealkylation sites (tertiary alicyclic amines) is 1. The summed E-state index contributed by atoms with van der Waals surface area (Å²) in [6.07, 6.45) is 8.18. The minimum absolute atomic E-state index is 0.414. The van der Waals surface area contributed by atoms with E-state index in [4.69, 9.17) is 10.5 Å². The van der Waals surface area contributed by atoms with Crippen LogP contribution in [0.5, 0.6) is 5.88 Å². The summed E-state index contributed by atoms with van der Waals surface area (Å²) in [6, 6.07) is 15.5. The highest BCUT2D eigenvalue weighted by Crippen LogP contribution is 2.39. The second-order valence-electron chi connectivity index (χ2n) is 10.6. The summed E-state index contributed by atoms with van der Waals surface area (Å²) < 4.78 is 6.08. The predicted octanol–water partition coefficient (Wildman–Crippen LogP) is 4.15. The van der Waals surface area contributed by atoms with Crippen molar-refractivity contribution in [2.24, 2.45) is 0 Å². The maximum absolute atomic E-state index is 6.36. The first-order valence-corrected chi connectivity index (χ1v) is 13.7. The molecule has 37 heavy (non-hydrogen) atoms. The topological polar surface area (TPSA) is 83.6 Å². The fraction of sp³-hybridized carbons (Fsp3) is 0.483. The lowest BCUT2D eigenvalue weighted by molar-refractivity contribution is 0.180. The highest BCUT2D eigenvalue weighted by molar-refractivity contribution is 5.73. The molecular weight excluding hydrogens is 462 g/mol. The van der Waals surface area contributed by atoms with Crippen LogP contribution in [0, 0.1) is 6.92 Å². The number of pyridine rings is 1. The van der Waals surface area contributed by atoms with Crippen molar-refractivity contribution in [3.8, 4) is 17.1 Å². The summed E-state index contributed by atoms with van der Waals surface area (Å²) >= 11 is 0. The Morgan fingerprint density at radius 3 is 2.54 bits per heavy atom. The maximum Gasteiger partial charge on any atom is 0.215 e. The van der Waals surface area contributed by atoms with Gasteiger partial charge in [0.2, 0.25) is 5.88 Å². The van der Waals surface area contributed by atoms with Crippen LogP contribution in [-0.2, 0) is 0 Å². The van der Waals surface area contributed by atoms with Gasteiger partial charge in [-0.15, -0.1) is 10.2 Å². The Kier molecular flexibility index (Phi) is 6.83. The Morgan fingerprint density at radius 2 is 1.76 bits per heavy atom. The molecule has 8 nitrogen and oxygen atoms in total. The molecule has 3 fully saturated rings. The summed E-state index contributed by atoms with van der Waals surface area (Å²) in [5, 5.41) is 8.75. The molecule has 194 valence electrons. The monoisotopic (exact) mass is 499 g/mol. The number of rotatable bonds is 7. The molecule has 2 aromatic heterocycles. The number of aromatic nitrogens is 3. The molecule has 5 heterocycles. The van der Waals surface area contributed by atoms with Crippen LogP contribution in [0.15, 0.2) is 48.7 Å². The van der Waals surface area contributed by atoms with E-state index in [2.05, 4.69) is 67.1 Å². The Hall–Kier alpha value is -3.39. The van der Waals surface area contributed by atoms with Crippen molar-refractivity contribution in [3.63, 3.8) is 0 Å². The number of benzene rings is 1. The summed E-state index contributed by atoms with van der Waals surface area (Å²) in [7, 11) is 0. The fourth-order valence-electron chi connectivity index (χ4n) is 6.26. The second kappa shape index (κ2) is 10.5. The number of aryl methyl sites for hydroxylation is 1. The third-order valence-electron chi connectivity index (χ3n) is 8.17. The molecule has 8 heteroatoms. The highest BCUT2D eigenvalue weighted by Gasteiger charge is 2.41. The molecule has 0 saturated carbocycles. The van der Waals surface area contributed by atoms with E-state index in [-0.39, 0.29) is 0 Å². The molecule has 0 aliphatic carbocycles. The molecule has 2 unspecified atom stereocenters. The van der Waals surface area contributed by atoms with Gasteiger partial charge in [-0.05, 0) is 63.4 Å². The molecule has 2 atom stereocenters. The Balaban J connectivity index is 1.15. The smallest absolute Gasteiger partial charge is 0.215 e. The largest absolute Gasteiger partial charge is 0.476 e. The lowest BCUT2D eigenvalue weighted by atomic mass is 10.0. The van der Waals surface area contributed by atoms with Crippen LogP contribution in [0.2, 0.25) is 0 Å². The number of nitrogens with zero attached hydrogens (tertiary/aromatic N) is 6. The molecule has 3 aliphatic heterocycles. The van der Waals surface area contributed by atoms with E-state index in [1.54, 1.807) is 0 Å². The van der Waals surface area contributed by atoms with E-state index >= 15 is 0 Å². The van der Waals surface area contributed by atoms with Gasteiger partial charge in [0.1, 0.15) is 6.61 Å². The van der Waals surface area contributed by atoms with Gasteiger partial charge in [0, 0.05) is 55.2 Å². The van der Waals surface area contributed by atoms with Gasteiger partial charge in [-0.25, -0.2) is 4.98 Å². The zero-order chi connectivity index (χ0) is 25.2. The van der Waals surface area contributed by atoms with Crippen LogP contribution < -0.4 is 20.3 Å². The average Bonchev–Trinajstić information content (AvgIpc) is 3.19. The van der Waals surface area contributed by atoms with E-state index in [1.165, 1.54) is 43.6 Å². The van der Waals surface area contributed by atoms with Crippen LogP contribution in [0.25, 0.3) is 11.3 Å². The molecule has 6 rings (SSSR count). The van der Waals surface area contributed by atoms with Crippen molar-refractivity contribution in [1.82, 2.24) is 20.1 Å². The summed E-state index contributed by atoms with van der Waals surface area (Å²) in [6.45, 7) is 7.96. The first kappa shape index (κ1) is 24.0. The van der Waals surface area contributed by atoms with Gasteiger partial charge in [-0.1, -0.05) is 30.7 Å². The normalized spacial score (nSPS) is 21.9. The minimum atomic E-state index is 0.414. The minimum Gasteiger partial charge on any atom is -0.476 e. The molecule has 1 aromatic carbocycles. The van der Waals surface area contributed by atoms with E-state index in [9.17, 15) is 0 Å². The number of fused-ring (bicyclic) bond motifs is 2. The SMILES string of the molecule is Cc1ccccc1-c1cc(N2CC3CCC(C2)N3c2ccnc(OCCN3CCCCC3)c2)c(N)nn1. The number of anilines is 3. The highest BCUT2D eigenvalue weighted by atomic mass is 16.5. The van der Waals surface area contributed by atoms with Crippen molar-refractivity contribution >= 4 is 17.2 Å². The first-order chi connectivity index (χ1) is 18.2. The Bertz CT molecular complexity index is 1210. The lowest BCUT2D eigenvalue weighted by Gasteiger charge is -2.43. The number of nitrogen functional groups attached to an aromatic ring is 1. The summed E-state index contributed by atoms with van der Waals surface area (Å²) in [5.41, 5.74) is 11.7. The molecule has 0 spiro atoms. The van der Waals surface area contributed by atoms with Gasteiger partial charge in [0.25, 0.3) is 0 Å². The van der Waals surface area contributed by atoms with Gasteiger partial charge in [0.15, 0.2) is 5.82 Å². The van der Waals surface area contributed by atoms with Crippen molar-refractivity contribution < 1.29 is 4.74 Å². The number of ether oxygens (including phenoxy) is 1. The molecule has 0 amide bonds. The zero-order valence-corrected chi connectivity index (χ0v) is 21.7. The number of hydrogen-bond acceptors (Lipinski definition) is 8. The van der Waals surface area contributed by atoms with E-state index < -0.39 is 0 Å². The molecule has 3 aromatic rings. The van der Waals surface area contributed by atoms with Crippen LogP contribution in [0.4, 0.5) is 17.2 Å². The molecule has 2 bridgehead atoms. The van der Waals surface area contributed by atoms with Gasteiger partial charge in [-0.2, -0.15) is 0 Å². The van der Waals surface area contributed by atoms with Crippen molar-refractivity contribution in [2.75, 3.05) is 54.9 Å². The van der Waals surface area contributed by atoms with Gasteiger partial charge in [-0.3, -0.25) is 4.90 Å².